The van der Waals surface area contributed by atoms with Crippen LogP contribution in [0.5, 0.6) is 0 Å². The van der Waals surface area contributed by atoms with Gasteiger partial charge in [0.25, 0.3) is 5.91 Å². The molecule has 1 aromatic carbocycles. The lowest BCUT2D eigenvalue weighted by molar-refractivity contribution is -0.0440. The van der Waals surface area contributed by atoms with Crippen LogP contribution in [0.4, 0.5) is 0 Å². The molecule has 1 fully saturated rings. The zero-order valence-electron chi connectivity index (χ0n) is 15.0. The Balaban J connectivity index is 1.82. The van der Waals surface area contributed by atoms with Crippen LogP contribution < -0.4 is 5.32 Å². The lowest BCUT2D eigenvalue weighted by atomic mass is 10.2. The van der Waals surface area contributed by atoms with E-state index < -0.39 is 15.9 Å². The van der Waals surface area contributed by atoms with Gasteiger partial charge in [-0.1, -0.05) is 11.6 Å². The number of nitrogens with zero attached hydrogens (tertiary/aromatic N) is 1. The second-order valence-corrected chi connectivity index (χ2v) is 8.80. The first-order valence-electron chi connectivity index (χ1n) is 8.53. The second kappa shape index (κ2) is 8.02. The van der Waals surface area contributed by atoms with Crippen LogP contribution >= 0.6 is 11.6 Å². The summed E-state index contributed by atoms with van der Waals surface area (Å²) in [6.45, 7) is 4.31. The molecule has 1 N–H and O–H groups in total. The van der Waals surface area contributed by atoms with Gasteiger partial charge < -0.3 is 14.5 Å². The number of nitrogens with one attached hydrogen (secondary N) is 1. The normalized spacial score (nSPS) is 21.1. The molecular weight excluding hydrogens is 392 g/mol. The monoisotopic (exact) mass is 412 g/mol. The van der Waals surface area contributed by atoms with E-state index in [9.17, 15) is 13.2 Å². The number of morpholine rings is 1. The Morgan fingerprint density at radius 3 is 2.59 bits per heavy atom. The minimum atomic E-state index is -3.85. The zero-order valence-corrected chi connectivity index (χ0v) is 16.6. The van der Waals surface area contributed by atoms with Crippen molar-refractivity contribution >= 4 is 27.5 Å². The van der Waals surface area contributed by atoms with Gasteiger partial charge >= 0.3 is 0 Å². The van der Waals surface area contributed by atoms with Gasteiger partial charge in [0.2, 0.25) is 10.0 Å². The number of halogens is 1. The van der Waals surface area contributed by atoms with Crippen molar-refractivity contribution in [1.29, 1.82) is 0 Å². The first-order valence-corrected chi connectivity index (χ1v) is 10.3. The van der Waals surface area contributed by atoms with Crippen molar-refractivity contribution in [2.45, 2.75) is 37.5 Å². The van der Waals surface area contributed by atoms with E-state index in [1.165, 1.54) is 28.8 Å². The highest BCUT2D eigenvalue weighted by molar-refractivity contribution is 7.89. The van der Waals surface area contributed by atoms with E-state index >= 15 is 0 Å². The van der Waals surface area contributed by atoms with E-state index in [0.29, 0.717) is 5.76 Å². The molecule has 1 saturated heterocycles. The average Bonchev–Trinajstić information content (AvgIpc) is 3.12. The molecule has 2 heterocycles. The molecule has 1 aliphatic heterocycles. The number of ether oxygens (including phenoxy) is 1. The first-order chi connectivity index (χ1) is 12.8. The molecule has 0 unspecified atom stereocenters. The Bertz CT molecular complexity index is 904. The molecule has 1 aromatic heterocycles. The number of sulfonamides is 1. The molecule has 3 rings (SSSR count). The van der Waals surface area contributed by atoms with E-state index in [4.69, 9.17) is 20.8 Å². The van der Waals surface area contributed by atoms with Gasteiger partial charge in [-0.05, 0) is 44.2 Å². The number of benzene rings is 1. The molecule has 0 bridgehead atoms. The Labute approximate surface area is 163 Å². The van der Waals surface area contributed by atoms with E-state index in [-0.39, 0.29) is 47.3 Å². The standard InChI is InChI=1S/C18H21ClN2O5S/c1-12-10-21(11-13(2)26-12)27(23,24)17-8-14(5-6-16(17)19)18(22)20-9-15-4-3-7-25-15/h3-8,12-13H,9-11H2,1-2H3,(H,20,22)/t12-,13+. The summed E-state index contributed by atoms with van der Waals surface area (Å²) in [7, 11) is -3.85. The number of hydrogen-bond acceptors (Lipinski definition) is 5. The van der Waals surface area contributed by atoms with Crippen molar-refractivity contribution in [2.75, 3.05) is 13.1 Å². The number of hydrogen-bond donors (Lipinski definition) is 1. The van der Waals surface area contributed by atoms with Crippen LogP contribution in [-0.2, 0) is 21.3 Å². The second-order valence-electron chi connectivity index (χ2n) is 6.49. The van der Waals surface area contributed by atoms with Crippen molar-refractivity contribution in [2.24, 2.45) is 0 Å². The maximum atomic E-state index is 13.1. The summed E-state index contributed by atoms with van der Waals surface area (Å²) in [5, 5.41) is 2.76. The van der Waals surface area contributed by atoms with Crippen LogP contribution in [0.2, 0.25) is 5.02 Å². The number of rotatable bonds is 5. The van der Waals surface area contributed by atoms with Crippen molar-refractivity contribution in [3.63, 3.8) is 0 Å². The van der Waals surface area contributed by atoms with Gasteiger partial charge in [0.1, 0.15) is 10.7 Å². The summed E-state index contributed by atoms with van der Waals surface area (Å²) in [6, 6.07) is 7.67. The minimum absolute atomic E-state index is 0.0735. The summed E-state index contributed by atoms with van der Waals surface area (Å²) >= 11 is 6.15. The van der Waals surface area contributed by atoms with E-state index in [2.05, 4.69) is 5.32 Å². The Morgan fingerprint density at radius 2 is 1.96 bits per heavy atom. The predicted octanol–water partition coefficient (Wildman–Crippen LogP) is 2.66. The molecule has 0 radical (unpaired) electrons. The van der Waals surface area contributed by atoms with Gasteiger partial charge in [0.15, 0.2) is 0 Å². The third-order valence-electron chi connectivity index (χ3n) is 4.20. The maximum Gasteiger partial charge on any atom is 0.251 e. The van der Waals surface area contributed by atoms with E-state index in [1.807, 2.05) is 13.8 Å². The highest BCUT2D eigenvalue weighted by atomic mass is 35.5. The Morgan fingerprint density at radius 1 is 1.26 bits per heavy atom. The summed E-state index contributed by atoms with van der Waals surface area (Å²) in [4.78, 5) is 12.3. The van der Waals surface area contributed by atoms with Gasteiger partial charge in [0, 0.05) is 18.7 Å². The smallest absolute Gasteiger partial charge is 0.251 e. The van der Waals surface area contributed by atoms with Crippen LogP contribution in [0.25, 0.3) is 0 Å². The fraction of sp³-hybridized carbons (Fsp3) is 0.389. The van der Waals surface area contributed by atoms with Crippen molar-refractivity contribution < 1.29 is 22.4 Å². The number of carbonyl (C=O) groups is 1. The van der Waals surface area contributed by atoms with E-state index in [0.717, 1.165) is 0 Å². The van der Waals surface area contributed by atoms with Crippen molar-refractivity contribution in [3.05, 3.63) is 52.9 Å². The molecule has 9 heteroatoms. The first kappa shape index (κ1) is 19.9. The van der Waals surface area contributed by atoms with Gasteiger partial charge in [-0.25, -0.2) is 8.42 Å². The highest BCUT2D eigenvalue weighted by Crippen LogP contribution is 2.28. The molecule has 1 amide bonds. The van der Waals surface area contributed by atoms with Gasteiger partial charge in [-0.15, -0.1) is 0 Å². The van der Waals surface area contributed by atoms with Crippen molar-refractivity contribution in [3.8, 4) is 0 Å². The van der Waals surface area contributed by atoms with Crippen LogP contribution in [0, 0.1) is 0 Å². The van der Waals surface area contributed by atoms with Crippen LogP contribution in [0.1, 0.15) is 30.0 Å². The van der Waals surface area contributed by atoms with Crippen molar-refractivity contribution in [1.82, 2.24) is 9.62 Å². The molecule has 0 spiro atoms. The lowest BCUT2D eigenvalue weighted by Gasteiger charge is -2.34. The Hall–Kier alpha value is -1.87. The van der Waals surface area contributed by atoms with Crippen LogP contribution in [0.15, 0.2) is 45.9 Å². The quantitative estimate of drug-likeness (QED) is 0.815. The number of carbonyl (C=O) groups excluding carboxylic acids is 1. The number of furan rings is 1. The summed E-state index contributed by atoms with van der Waals surface area (Å²) in [5.74, 6) is 0.185. The van der Waals surface area contributed by atoms with Crippen LogP contribution in [0.3, 0.4) is 0 Å². The molecule has 2 atom stereocenters. The largest absolute Gasteiger partial charge is 0.467 e. The van der Waals surface area contributed by atoms with Gasteiger partial charge in [-0.2, -0.15) is 4.31 Å². The zero-order chi connectivity index (χ0) is 19.6. The molecule has 1 aliphatic rings. The van der Waals surface area contributed by atoms with E-state index in [1.54, 1.807) is 12.1 Å². The SMILES string of the molecule is C[C@@H]1CN(S(=O)(=O)c2cc(C(=O)NCc3ccco3)ccc2Cl)C[C@H](C)O1. The molecular formula is C18H21ClN2O5S. The lowest BCUT2D eigenvalue weighted by Crippen LogP contribution is -2.48. The summed E-state index contributed by atoms with van der Waals surface area (Å²) < 4.78 is 38.2. The fourth-order valence-electron chi connectivity index (χ4n) is 2.99. The molecule has 7 nitrogen and oxygen atoms in total. The third kappa shape index (κ3) is 4.52. The maximum absolute atomic E-state index is 13.1. The highest BCUT2D eigenvalue weighted by Gasteiger charge is 2.33. The van der Waals surface area contributed by atoms with Crippen LogP contribution in [-0.4, -0.2) is 43.9 Å². The van der Waals surface area contributed by atoms with Gasteiger partial charge in [0.05, 0.1) is 30.0 Å². The third-order valence-corrected chi connectivity index (χ3v) is 6.51. The topological polar surface area (TPSA) is 88.9 Å². The minimum Gasteiger partial charge on any atom is -0.467 e. The predicted molar refractivity (Wildman–Crippen MR) is 100 cm³/mol. The summed E-state index contributed by atoms with van der Waals surface area (Å²) in [6.07, 6.45) is 1.07. The number of amides is 1. The molecule has 146 valence electrons. The van der Waals surface area contributed by atoms with Gasteiger partial charge in [-0.3, -0.25) is 4.79 Å². The molecule has 0 aliphatic carbocycles. The average molecular weight is 413 g/mol. The molecule has 2 aromatic rings. The summed E-state index contributed by atoms with van der Waals surface area (Å²) in [5.41, 5.74) is 0.207. The fourth-order valence-corrected chi connectivity index (χ4v) is 5.08. The Kier molecular flexibility index (Phi) is 5.90. The molecule has 27 heavy (non-hydrogen) atoms. The molecule has 0 saturated carbocycles.